The number of para-hydroxylation sites is 1. The Morgan fingerprint density at radius 2 is 1.81 bits per heavy atom. The Kier molecular flexibility index (Phi) is 10.2. The zero-order valence-electron chi connectivity index (χ0n) is 34.6. The summed E-state index contributed by atoms with van der Waals surface area (Å²) in [5.41, 5.74) is -0.171. The van der Waals surface area contributed by atoms with Gasteiger partial charge in [-0.3, -0.25) is 43.3 Å². The Balaban J connectivity index is 0.754. The van der Waals surface area contributed by atoms with E-state index in [1.54, 1.807) is 31.4 Å². The first kappa shape index (κ1) is 41.0. The van der Waals surface area contributed by atoms with E-state index >= 15 is 8.78 Å². The lowest BCUT2D eigenvalue weighted by Crippen LogP contribution is -2.87. The summed E-state index contributed by atoms with van der Waals surface area (Å²) in [6.45, 7) is 2.46. The van der Waals surface area contributed by atoms with Crippen molar-refractivity contribution in [2.45, 2.75) is 81.3 Å². The van der Waals surface area contributed by atoms with Crippen LogP contribution in [-0.2, 0) is 16.6 Å². The van der Waals surface area contributed by atoms with Crippen LogP contribution in [-0.4, -0.2) is 118 Å². The Morgan fingerprint density at radius 1 is 1.03 bits per heavy atom. The van der Waals surface area contributed by atoms with Crippen LogP contribution in [0, 0.1) is 17.8 Å². The van der Waals surface area contributed by atoms with E-state index in [1.807, 2.05) is 15.9 Å². The van der Waals surface area contributed by atoms with Crippen molar-refractivity contribution in [3.63, 3.8) is 0 Å². The molecule has 10 rings (SSSR count). The largest absolute Gasteiger partial charge is 0.357 e. The highest BCUT2D eigenvalue weighted by atomic mass is 19.3. The van der Waals surface area contributed by atoms with Gasteiger partial charge in [0.25, 0.3) is 18.3 Å². The molecule has 4 aromatic heterocycles. The van der Waals surface area contributed by atoms with Gasteiger partial charge in [0.1, 0.15) is 23.0 Å². The van der Waals surface area contributed by atoms with Gasteiger partial charge in [-0.1, -0.05) is 17.9 Å². The van der Waals surface area contributed by atoms with Gasteiger partial charge in [0, 0.05) is 58.6 Å². The number of fused-ring (bicyclic) bond motifs is 2. The molecule has 0 bridgehead atoms. The van der Waals surface area contributed by atoms with Gasteiger partial charge in [-0.25, -0.2) is 31.9 Å². The number of imidazole rings is 1. The van der Waals surface area contributed by atoms with Crippen molar-refractivity contribution in [2.24, 2.45) is 13.0 Å². The summed E-state index contributed by atoms with van der Waals surface area (Å²) >= 11 is 0. The third-order valence-electron chi connectivity index (χ3n) is 13.7. The number of hydrogen-bond donors (Lipinski definition) is 2. The first-order valence-electron chi connectivity index (χ1n) is 21.5. The number of benzene rings is 1. The fourth-order valence-electron chi connectivity index (χ4n) is 10.3. The number of piperidine rings is 1. The third-order valence-corrected chi connectivity index (χ3v) is 13.7. The average Bonchev–Trinajstić information content (AvgIpc) is 4.06. The second-order valence-corrected chi connectivity index (χ2v) is 17.6. The summed E-state index contributed by atoms with van der Waals surface area (Å²) in [4.78, 5) is 61.6. The van der Waals surface area contributed by atoms with Crippen LogP contribution in [0.5, 0.6) is 0 Å². The van der Waals surface area contributed by atoms with E-state index in [0.717, 1.165) is 31.7 Å². The number of halogens is 4. The molecule has 5 fully saturated rings. The molecule has 3 amide bonds. The van der Waals surface area contributed by atoms with Crippen molar-refractivity contribution in [3.8, 4) is 11.8 Å². The highest BCUT2D eigenvalue weighted by Crippen LogP contribution is 2.51. The summed E-state index contributed by atoms with van der Waals surface area (Å²) in [6.07, 6.45) is 6.71. The molecule has 0 radical (unpaired) electrons. The summed E-state index contributed by atoms with van der Waals surface area (Å²) < 4.78 is 64.9. The molecule has 1 spiro atoms. The minimum atomic E-state index is -2.93. The van der Waals surface area contributed by atoms with Crippen LogP contribution in [0.1, 0.15) is 91.5 Å². The van der Waals surface area contributed by atoms with Crippen LogP contribution >= 0.6 is 0 Å². The van der Waals surface area contributed by atoms with Crippen molar-refractivity contribution in [1.82, 2.24) is 48.6 Å². The quantitative estimate of drug-likeness (QED) is 0.125. The van der Waals surface area contributed by atoms with Crippen molar-refractivity contribution < 1.29 is 31.9 Å². The molecule has 2 N–H and O–H groups in total. The van der Waals surface area contributed by atoms with Crippen LogP contribution in [0.25, 0.3) is 16.7 Å². The number of nitrogens with zero attached hydrogens (tertiary/aromatic N) is 10. The van der Waals surface area contributed by atoms with Crippen LogP contribution in [0.4, 0.5) is 29.1 Å². The molecule has 1 aliphatic carbocycles. The topological polar surface area (TPSA) is 160 Å². The number of amides is 3. The van der Waals surface area contributed by atoms with Crippen LogP contribution in [0.15, 0.2) is 47.7 Å². The molecular formula is C43H46F4N12O4. The molecule has 1 atom stereocenters. The van der Waals surface area contributed by atoms with E-state index in [0.29, 0.717) is 54.5 Å². The van der Waals surface area contributed by atoms with E-state index in [1.165, 1.54) is 30.7 Å². The number of carbonyl (C=O) groups is 3. The molecule has 330 valence electrons. The molecule has 5 aromatic rings. The Bertz CT molecular complexity index is 2760. The number of aromatic nitrogens is 7. The minimum absolute atomic E-state index is 0.0808. The molecule has 4 saturated heterocycles. The lowest BCUT2D eigenvalue weighted by Gasteiger charge is -2.66. The average molecular weight is 871 g/mol. The predicted octanol–water partition coefficient (Wildman–Crippen LogP) is 4.14. The number of hydrogen-bond acceptors (Lipinski definition) is 10. The summed E-state index contributed by atoms with van der Waals surface area (Å²) in [5, 5.41) is 13.4. The highest BCUT2D eigenvalue weighted by molar-refractivity contribution is 6.08. The number of likely N-dealkylation sites (tertiary alicyclic amines) is 2. The molecule has 16 nitrogen and oxygen atoms in total. The van der Waals surface area contributed by atoms with Gasteiger partial charge >= 0.3 is 5.69 Å². The molecule has 5 aliphatic rings. The first-order valence-corrected chi connectivity index (χ1v) is 21.5. The maximum atomic E-state index is 15.3. The van der Waals surface area contributed by atoms with Crippen molar-refractivity contribution in [1.29, 1.82) is 0 Å². The van der Waals surface area contributed by atoms with Gasteiger partial charge in [0.2, 0.25) is 11.8 Å². The van der Waals surface area contributed by atoms with E-state index in [4.69, 9.17) is 0 Å². The Morgan fingerprint density at radius 3 is 2.54 bits per heavy atom. The van der Waals surface area contributed by atoms with Crippen LogP contribution in [0.2, 0.25) is 0 Å². The highest BCUT2D eigenvalue weighted by Gasteiger charge is 2.71. The van der Waals surface area contributed by atoms with Gasteiger partial charge in [0.15, 0.2) is 11.3 Å². The number of imide groups is 1. The summed E-state index contributed by atoms with van der Waals surface area (Å²) in [7, 11) is 1.60. The first-order chi connectivity index (χ1) is 30.3. The normalized spacial score (nSPS) is 23.5. The van der Waals surface area contributed by atoms with Gasteiger partial charge < -0.3 is 10.2 Å². The van der Waals surface area contributed by atoms with E-state index in [-0.39, 0.29) is 68.1 Å². The van der Waals surface area contributed by atoms with Crippen LogP contribution < -0.4 is 21.2 Å². The second-order valence-electron chi connectivity index (χ2n) is 17.6. The third kappa shape index (κ3) is 7.05. The standard InChI is InChI=1S/C43H46F4N12O4/c1-53-36-27(6-4-8-31(36)59(41(53)63)32-13-14-34(60)51-40(32)62)7-5-16-54-23-42(24-54)43(46,47)25-56(42)21-26-9-11-28(12-10-26)58-22-30(35(52-58)37(44)45)49-39(61)29-20-48-57-19-15-33(50-38(29)57)55-17-2-3-18-55/h4,6,8,15,19-20,22,26,28,32,37H,2-3,9-14,16-18,21,23-25H2,1H3,(H,49,61)(H,51,60,62). The number of rotatable bonds is 9. The minimum Gasteiger partial charge on any atom is -0.357 e. The van der Waals surface area contributed by atoms with Gasteiger partial charge in [-0.05, 0) is 69.1 Å². The van der Waals surface area contributed by atoms with Crippen LogP contribution in [0.3, 0.4) is 0 Å². The predicted molar refractivity (Wildman–Crippen MR) is 222 cm³/mol. The SMILES string of the molecule is Cn1c(=O)n(C2CCC(=O)NC2=O)c2cccc(C#CCN3CC4(C3)N(CC3CCC(n5cc(NC(=O)c6cnn7ccc(N8CCCC8)nc67)c(C(F)F)n5)CC3)CC4(F)F)c21. The molecule has 63 heavy (non-hydrogen) atoms. The maximum absolute atomic E-state index is 15.3. The van der Waals surface area contributed by atoms with Gasteiger partial charge in [-0.15, -0.1) is 0 Å². The zero-order valence-corrected chi connectivity index (χ0v) is 34.6. The maximum Gasteiger partial charge on any atom is 0.329 e. The number of aryl methyl sites for hydroxylation is 1. The fraction of sp³-hybridized carbons (Fsp3) is 0.512. The van der Waals surface area contributed by atoms with Crippen molar-refractivity contribution in [3.05, 3.63) is 70.2 Å². The summed E-state index contributed by atoms with van der Waals surface area (Å²) in [6, 6.07) is 6.06. The van der Waals surface area contributed by atoms with Gasteiger partial charge in [-0.2, -0.15) is 10.2 Å². The van der Waals surface area contributed by atoms with E-state index in [9.17, 15) is 28.0 Å². The zero-order chi connectivity index (χ0) is 43.8. The van der Waals surface area contributed by atoms with Crippen molar-refractivity contribution >= 4 is 45.9 Å². The van der Waals surface area contributed by atoms with Crippen molar-refractivity contribution in [2.75, 3.05) is 56.0 Å². The van der Waals surface area contributed by atoms with Gasteiger partial charge in [0.05, 0.1) is 47.6 Å². The number of carbonyl (C=O) groups excluding carboxylic acids is 3. The Hall–Kier alpha value is -6.07. The lowest BCUT2D eigenvalue weighted by molar-refractivity contribution is -0.293. The number of anilines is 2. The molecule has 8 heterocycles. The lowest BCUT2D eigenvalue weighted by atomic mass is 9.72. The van der Waals surface area contributed by atoms with E-state index < -0.39 is 47.1 Å². The molecule has 1 saturated carbocycles. The summed E-state index contributed by atoms with van der Waals surface area (Å²) in [5.74, 6) is 2.71. The monoisotopic (exact) mass is 870 g/mol. The molecule has 1 aromatic carbocycles. The molecule has 1 unspecified atom stereocenters. The Labute approximate surface area is 358 Å². The molecular weight excluding hydrogens is 825 g/mol. The number of nitrogens with one attached hydrogen (secondary N) is 2. The smallest absolute Gasteiger partial charge is 0.329 e. The van der Waals surface area contributed by atoms with E-state index in [2.05, 4.69) is 42.6 Å². The molecule has 4 aliphatic heterocycles. The molecule has 20 heteroatoms. The second kappa shape index (κ2) is 15.6. The fourth-order valence-corrected chi connectivity index (χ4v) is 10.3. The number of alkyl halides is 4.